The maximum absolute atomic E-state index is 6.07. The second-order valence-electron chi connectivity index (χ2n) is 3.24. The van der Waals surface area contributed by atoms with Gasteiger partial charge in [0.1, 0.15) is 17.8 Å². The van der Waals surface area contributed by atoms with Crippen LogP contribution in [0.4, 0.5) is 0 Å². The van der Waals surface area contributed by atoms with Gasteiger partial charge in [-0.1, -0.05) is 0 Å². The summed E-state index contributed by atoms with van der Waals surface area (Å²) in [6.45, 7) is 0. The Balaban J connectivity index is 2.37. The molecule has 2 aromatic heterocycles. The third-order valence-electron chi connectivity index (χ3n) is 2.25. The highest BCUT2D eigenvalue weighted by Crippen LogP contribution is 2.24. The van der Waals surface area contributed by atoms with E-state index >= 15 is 0 Å². The van der Waals surface area contributed by atoms with Crippen molar-refractivity contribution in [1.29, 1.82) is 0 Å². The fourth-order valence-electron chi connectivity index (χ4n) is 1.44. The van der Waals surface area contributed by atoms with E-state index in [-0.39, 0.29) is 6.04 Å². The van der Waals surface area contributed by atoms with Crippen molar-refractivity contribution in [3.8, 4) is 5.75 Å². The van der Waals surface area contributed by atoms with E-state index in [0.717, 1.165) is 5.56 Å². The van der Waals surface area contributed by atoms with Crippen molar-refractivity contribution in [1.82, 2.24) is 15.0 Å². The van der Waals surface area contributed by atoms with Crippen molar-refractivity contribution < 1.29 is 4.74 Å². The number of nitrogens with zero attached hydrogens (tertiary/aromatic N) is 3. The van der Waals surface area contributed by atoms with Gasteiger partial charge in [0.05, 0.1) is 13.2 Å². The zero-order chi connectivity index (χ0) is 11.4. The lowest BCUT2D eigenvalue weighted by Crippen LogP contribution is -2.15. The van der Waals surface area contributed by atoms with Crippen LogP contribution in [0.1, 0.15) is 17.3 Å². The average molecular weight is 216 g/mol. The molecule has 0 aliphatic rings. The van der Waals surface area contributed by atoms with E-state index in [1.807, 2.05) is 6.07 Å². The molecule has 0 aliphatic heterocycles. The number of ether oxygens (including phenoxy) is 1. The van der Waals surface area contributed by atoms with Gasteiger partial charge < -0.3 is 10.5 Å². The monoisotopic (exact) mass is 216 g/mol. The minimum absolute atomic E-state index is 0.377. The van der Waals surface area contributed by atoms with E-state index in [9.17, 15) is 0 Å². The third-order valence-corrected chi connectivity index (χ3v) is 2.25. The van der Waals surface area contributed by atoms with E-state index in [1.54, 1.807) is 31.8 Å². The number of aromatic nitrogens is 3. The summed E-state index contributed by atoms with van der Waals surface area (Å²) in [5.41, 5.74) is 7.56. The van der Waals surface area contributed by atoms with Gasteiger partial charge in [0.2, 0.25) is 0 Å². The van der Waals surface area contributed by atoms with Gasteiger partial charge in [-0.3, -0.25) is 4.98 Å². The molecule has 5 nitrogen and oxygen atoms in total. The molecule has 5 heteroatoms. The SMILES string of the molecule is COc1cccnc1C(N)c1cncnc1. The molecule has 0 amide bonds. The lowest BCUT2D eigenvalue weighted by molar-refractivity contribution is 0.404. The minimum atomic E-state index is -0.377. The molecule has 0 saturated carbocycles. The predicted octanol–water partition coefficient (Wildman–Crippen LogP) is 0.928. The van der Waals surface area contributed by atoms with Gasteiger partial charge in [-0.25, -0.2) is 9.97 Å². The van der Waals surface area contributed by atoms with Crippen LogP contribution in [-0.2, 0) is 0 Å². The average Bonchev–Trinajstić information content (AvgIpc) is 2.39. The number of pyridine rings is 1. The summed E-state index contributed by atoms with van der Waals surface area (Å²) in [6, 6.07) is 3.25. The first-order chi connectivity index (χ1) is 7.83. The molecule has 1 unspecified atom stereocenters. The van der Waals surface area contributed by atoms with Crippen molar-refractivity contribution in [3.05, 3.63) is 48.3 Å². The molecule has 0 fully saturated rings. The Morgan fingerprint density at radius 2 is 2.06 bits per heavy atom. The van der Waals surface area contributed by atoms with Gasteiger partial charge >= 0.3 is 0 Å². The standard InChI is InChI=1S/C11H12N4O/c1-16-9-3-2-4-15-11(9)10(12)8-5-13-7-14-6-8/h2-7,10H,12H2,1H3. The molecular formula is C11H12N4O. The van der Waals surface area contributed by atoms with Gasteiger partial charge in [0.25, 0.3) is 0 Å². The Labute approximate surface area is 93.3 Å². The Bertz CT molecular complexity index is 461. The first kappa shape index (κ1) is 10.5. The number of nitrogens with two attached hydrogens (primary N) is 1. The van der Waals surface area contributed by atoms with Crippen molar-refractivity contribution in [2.24, 2.45) is 5.73 Å². The lowest BCUT2D eigenvalue weighted by Gasteiger charge is -2.13. The quantitative estimate of drug-likeness (QED) is 0.826. The van der Waals surface area contributed by atoms with Crippen molar-refractivity contribution >= 4 is 0 Å². The summed E-state index contributed by atoms with van der Waals surface area (Å²) in [4.78, 5) is 12.1. The number of hydrogen-bond acceptors (Lipinski definition) is 5. The van der Waals surface area contributed by atoms with Crippen LogP contribution in [0.15, 0.2) is 37.1 Å². The fraction of sp³-hybridized carbons (Fsp3) is 0.182. The molecule has 0 radical (unpaired) electrons. The predicted molar refractivity (Wildman–Crippen MR) is 58.9 cm³/mol. The second-order valence-corrected chi connectivity index (χ2v) is 3.24. The number of methoxy groups -OCH3 is 1. The highest BCUT2D eigenvalue weighted by Gasteiger charge is 2.15. The van der Waals surface area contributed by atoms with Gasteiger partial charge in [-0.15, -0.1) is 0 Å². The summed E-state index contributed by atoms with van der Waals surface area (Å²) in [7, 11) is 1.59. The molecule has 0 saturated heterocycles. The van der Waals surface area contributed by atoms with E-state index in [1.165, 1.54) is 6.33 Å². The zero-order valence-corrected chi connectivity index (χ0v) is 8.87. The van der Waals surface area contributed by atoms with Crippen LogP contribution in [0.2, 0.25) is 0 Å². The highest BCUT2D eigenvalue weighted by molar-refractivity contribution is 5.34. The molecule has 82 valence electrons. The summed E-state index contributed by atoms with van der Waals surface area (Å²) >= 11 is 0. The second kappa shape index (κ2) is 4.67. The van der Waals surface area contributed by atoms with Crippen molar-refractivity contribution in [3.63, 3.8) is 0 Å². The van der Waals surface area contributed by atoms with Crippen molar-refractivity contribution in [2.45, 2.75) is 6.04 Å². The molecule has 16 heavy (non-hydrogen) atoms. The highest BCUT2D eigenvalue weighted by atomic mass is 16.5. The van der Waals surface area contributed by atoms with Crippen molar-refractivity contribution in [2.75, 3.05) is 7.11 Å². The summed E-state index contributed by atoms with van der Waals surface area (Å²) in [5.74, 6) is 0.666. The normalized spacial score (nSPS) is 12.1. The maximum atomic E-state index is 6.07. The van der Waals surface area contributed by atoms with E-state index in [4.69, 9.17) is 10.5 Å². The largest absolute Gasteiger partial charge is 0.495 e. The molecular weight excluding hydrogens is 204 g/mol. The van der Waals surface area contributed by atoms with Crippen LogP contribution in [0, 0.1) is 0 Å². The van der Waals surface area contributed by atoms with E-state index in [2.05, 4.69) is 15.0 Å². The molecule has 0 spiro atoms. The lowest BCUT2D eigenvalue weighted by atomic mass is 10.1. The molecule has 1 atom stereocenters. The first-order valence-corrected chi connectivity index (χ1v) is 4.82. The van der Waals surface area contributed by atoms with Crippen LogP contribution in [0.3, 0.4) is 0 Å². The topological polar surface area (TPSA) is 73.9 Å². The zero-order valence-electron chi connectivity index (χ0n) is 8.87. The van der Waals surface area contributed by atoms with Crippen LogP contribution in [0.5, 0.6) is 5.75 Å². The van der Waals surface area contributed by atoms with Crippen LogP contribution in [-0.4, -0.2) is 22.1 Å². The number of hydrogen-bond donors (Lipinski definition) is 1. The fourth-order valence-corrected chi connectivity index (χ4v) is 1.44. The van der Waals surface area contributed by atoms with Gasteiger partial charge in [-0.05, 0) is 12.1 Å². The van der Waals surface area contributed by atoms with Crippen LogP contribution >= 0.6 is 0 Å². The molecule has 2 rings (SSSR count). The van der Waals surface area contributed by atoms with E-state index in [0.29, 0.717) is 11.4 Å². The third kappa shape index (κ3) is 1.99. The molecule has 0 bridgehead atoms. The Hall–Kier alpha value is -2.01. The van der Waals surface area contributed by atoms with E-state index < -0.39 is 0 Å². The molecule has 2 heterocycles. The van der Waals surface area contributed by atoms with Gasteiger partial charge in [0, 0.05) is 24.2 Å². The van der Waals surface area contributed by atoms with Gasteiger partial charge in [0.15, 0.2) is 0 Å². The Morgan fingerprint density at radius 1 is 1.31 bits per heavy atom. The first-order valence-electron chi connectivity index (χ1n) is 4.82. The Morgan fingerprint density at radius 3 is 2.75 bits per heavy atom. The summed E-state index contributed by atoms with van der Waals surface area (Å²) < 4.78 is 5.20. The molecule has 2 N–H and O–H groups in total. The molecule has 2 aromatic rings. The maximum Gasteiger partial charge on any atom is 0.142 e. The summed E-state index contributed by atoms with van der Waals surface area (Å²) in [5, 5.41) is 0. The van der Waals surface area contributed by atoms with Crippen LogP contribution in [0.25, 0.3) is 0 Å². The molecule has 0 aliphatic carbocycles. The smallest absolute Gasteiger partial charge is 0.142 e. The van der Waals surface area contributed by atoms with Gasteiger partial charge in [-0.2, -0.15) is 0 Å². The van der Waals surface area contributed by atoms with Crippen LogP contribution < -0.4 is 10.5 Å². The summed E-state index contributed by atoms with van der Waals surface area (Å²) in [6.07, 6.45) is 6.49. The minimum Gasteiger partial charge on any atom is -0.495 e. The molecule has 0 aromatic carbocycles. The number of rotatable bonds is 3. The Kier molecular flexibility index (Phi) is 3.07.